The molecule has 1 heterocycles. The van der Waals surface area contributed by atoms with Crippen LogP contribution in [-0.4, -0.2) is 40.9 Å². The van der Waals surface area contributed by atoms with Gasteiger partial charge in [-0.05, 0) is 11.0 Å². The lowest BCUT2D eigenvalue weighted by atomic mass is 10.1. The van der Waals surface area contributed by atoms with Crippen molar-refractivity contribution in [1.82, 2.24) is 10.2 Å². The van der Waals surface area contributed by atoms with E-state index in [1.54, 1.807) is 13.8 Å². The van der Waals surface area contributed by atoms with Crippen LogP contribution >= 0.6 is 0 Å². The number of hydrogen-bond acceptors (Lipinski definition) is 3. The molecule has 6 nitrogen and oxygen atoms in total. The van der Waals surface area contributed by atoms with Crippen LogP contribution in [0.3, 0.4) is 0 Å². The summed E-state index contributed by atoms with van der Waals surface area (Å²) < 4.78 is 0. The van der Waals surface area contributed by atoms with E-state index in [4.69, 9.17) is 5.11 Å². The number of rotatable bonds is 6. The van der Waals surface area contributed by atoms with Gasteiger partial charge in [-0.3, -0.25) is 14.4 Å². The van der Waals surface area contributed by atoms with Crippen molar-refractivity contribution in [1.29, 1.82) is 0 Å². The van der Waals surface area contributed by atoms with Gasteiger partial charge in [-0.15, -0.1) is 0 Å². The van der Waals surface area contributed by atoms with E-state index in [9.17, 15) is 14.4 Å². The highest BCUT2D eigenvalue weighted by Crippen LogP contribution is 2.58. The third-order valence-electron chi connectivity index (χ3n) is 5.45. The van der Waals surface area contributed by atoms with Crippen molar-refractivity contribution in [2.24, 2.45) is 23.2 Å². The van der Waals surface area contributed by atoms with Crippen LogP contribution < -0.4 is 5.32 Å². The standard InChI is InChI=1S/C19H24N2O4/c1-19(2)15(16(19)18(24)25)17(23)20-9-13-8-14(22)21(11-13)10-12-6-4-3-5-7-12/h3-7,13,15-16H,8-11H2,1-2H3,(H,20,23)(H,24,25)/t13?,15-,16+/m1/s1. The molecule has 2 aliphatic rings. The van der Waals surface area contributed by atoms with Gasteiger partial charge in [-0.1, -0.05) is 44.2 Å². The van der Waals surface area contributed by atoms with Crippen molar-refractivity contribution < 1.29 is 19.5 Å². The molecule has 1 aromatic carbocycles. The second-order valence-corrected chi connectivity index (χ2v) is 7.69. The minimum atomic E-state index is -0.921. The Hall–Kier alpha value is -2.37. The Kier molecular flexibility index (Phi) is 4.54. The molecular weight excluding hydrogens is 320 g/mol. The van der Waals surface area contributed by atoms with Gasteiger partial charge in [0.15, 0.2) is 0 Å². The zero-order valence-corrected chi connectivity index (χ0v) is 14.6. The normalized spacial score (nSPS) is 27.2. The van der Waals surface area contributed by atoms with Crippen molar-refractivity contribution >= 4 is 17.8 Å². The molecule has 0 bridgehead atoms. The van der Waals surface area contributed by atoms with Gasteiger partial charge in [0.25, 0.3) is 0 Å². The van der Waals surface area contributed by atoms with Gasteiger partial charge in [0.05, 0.1) is 11.8 Å². The number of hydrogen-bond donors (Lipinski definition) is 2. The van der Waals surface area contributed by atoms with Crippen LogP contribution in [0.1, 0.15) is 25.8 Å². The zero-order valence-electron chi connectivity index (χ0n) is 14.6. The molecule has 2 fully saturated rings. The van der Waals surface area contributed by atoms with Crippen LogP contribution in [0.5, 0.6) is 0 Å². The first-order valence-electron chi connectivity index (χ1n) is 8.63. The number of carbonyl (C=O) groups is 3. The molecule has 1 aromatic rings. The first-order valence-corrected chi connectivity index (χ1v) is 8.63. The number of nitrogens with one attached hydrogen (secondary N) is 1. The quantitative estimate of drug-likeness (QED) is 0.819. The molecule has 0 aromatic heterocycles. The molecule has 1 saturated heterocycles. The summed E-state index contributed by atoms with van der Waals surface area (Å²) in [6.45, 7) is 5.22. The maximum absolute atomic E-state index is 12.3. The summed E-state index contributed by atoms with van der Waals surface area (Å²) in [5, 5.41) is 12.0. The minimum Gasteiger partial charge on any atom is -0.481 e. The highest BCUT2D eigenvalue weighted by molar-refractivity contribution is 5.91. The summed E-state index contributed by atoms with van der Waals surface area (Å²) >= 11 is 0. The Balaban J connectivity index is 1.49. The molecule has 0 spiro atoms. The van der Waals surface area contributed by atoms with Gasteiger partial charge in [0, 0.05) is 32.0 Å². The van der Waals surface area contributed by atoms with Crippen LogP contribution in [0.4, 0.5) is 0 Å². The molecule has 0 radical (unpaired) electrons. The molecule has 2 N–H and O–H groups in total. The van der Waals surface area contributed by atoms with Crippen LogP contribution in [-0.2, 0) is 20.9 Å². The third kappa shape index (κ3) is 3.52. The van der Waals surface area contributed by atoms with Crippen LogP contribution in [0.15, 0.2) is 30.3 Å². The number of carboxylic acids is 1. The van der Waals surface area contributed by atoms with Gasteiger partial charge in [-0.25, -0.2) is 0 Å². The zero-order chi connectivity index (χ0) is 18.2. The van der Waals surface area contributed by atoms with Gasteiger partial charge in [-0.2, -0.15) is 0 Å². The maximum atomic E-state index is 12.3. The van der Waals surface area contributed by atoms with Gasteiger partial charge in [0.2, 0.25) is 11.8 Å². The Morgan fingerprint density at radius 3 is 2.52 bits per heavy atom. The van der Waals surface area contributed by atoms with Crippen LogP contribution in [0.25, 0.3) is 0 Å². The highest BCUT2D eigenvalue weighted by atomic mass is 16.4. The molecule has 1 aliphatic carbocycles. The van der Waals surface area contributed by atoms with Crippen molar-refractivity contribution in [3.05, 3.63) is 35.9 Å². The molecule has 6 heteroatoms. The molecule has 3 rings (SSSR count). The Morgan fingerprint density at radius 2 is 1.92 bits per heavy atom. The van der Waals surface area contributed by atoms with Gasteiger partial charge < -0.3 is 15.3 Å². The third-order valence-corrected chi connectivity index (χ3v) is 5.45. The predicted octanol–water partition coefficient (Wildman–Crippen LogP) is 1.51. The maximum Gasteiger partial charge on any atom is 0.307 e. The fraction of sp³-hybridized carbons (Fsp3) is 0.526. The smallest absolute Gasteiger partial charge is 0.307 e. The molecule has 2 amide bonds. The average Bonchev–Trinajstić information content (AvgIpc) is 2.98. The molecule has 25 heavy (non-hydrogen) atoms. The summed E-state index contributed by atoms with van der Waals surface area (Å²) in [4.78, 5) is 37.4. The van der Waals surface area contributed by atoms with E-state index >= 15 is 0 Å². The summed E-state index contributed by atoms with van der Waals surface area (Å²) in [5.74, 6) is -2.07. The van der Waals surface area contributed by atoms with E-state index in [1.165, 1.54) is 0 Å². The second kappa shape index (κ2) is 6.50. The predicted molar refractivity (Wildman–Crippen MR) is 91.4 cm³/mol. The molecule has 1 saturated carbocycles. The molecule has 1 aliphatic heterocycles. The van der Waals surface area contributed by atoms with Crippen molar-refractivity contribution in [3.8, 4) is 0 Å². The number of benzene rings is 1. The first-order chi connectivity index (χ1) is 11.8. The summed E-state index contributed by atoms with van der Waals surface area (Å²) in [7, 11) is 0. The fourth-order valence-electron chi connectivity index (χ4n) is 3.89. The summed E-state index contributed by atoms with van der Waals surface area (Å²) in [6, 6.07) is 9.82. The number of carbonyl (C=O) groups excluding carboxylic acids is 2. The molecule has 3 atom stereocenters. The summed E-state index contributed by atoms with van der Waals surface area (Å²) in [5.41, 5.74) is 0.588. The minimum absolute atomic E-state index is 0.0744. The van der Waals surface area contributed by atoms with Crippen molar-refractivity contribution in [2.75, 3.05) is 13.1 Å². The molecular formula is C19H24N2O4. The van der Waals surface area contributed by atoms with E-state index in [2.05, 4.69) is 5.32 Å². The highest BCUT2D eigenvalue weighted by Gasteiger charge is 2.65. The van der Waals surface area contributed by atoms with Crippen molar-refractivity contribution in [3.63, 3.8) is 0 Å². The molecule has 134 valence electrons. The number of amides is 2. The Bertz CT molecular complexity index is 686. The van der Waals surface area contributed by atoms with E-state index in [0.717, 1.165) is 5.56 Å². The first kappa shape index (κ1) is 17.5. The van der Waals surface area contributed by atoms with Gasteiger partial charge >= 0.3 is 5.97 Å². The fourth-order valence-corrected chi connectivity index (χ4v) is 3.89. The van der Waals surface area contributed by atoms with E-state index in [0.29, 0.717) is 26.1 Å². The van der Waals surface area contributed by atoms with E-state index in [-0.39, 0.29) is 17.7 Å². The Labute approximate surface area is 147 Å². The van der Waals surface area contributed by atoms with Crippen LogP contribution in [0.2, 0.25) is 0 Å². The second-order valence-electron chi connectivity index (χ2n) is 7.69. The number of nitrogens with zero attached hydrogens (tertiary/aromatic N) is 1. The lowest BCUT2D eigenvalue weighted by Crippen LogP contribution is -2.33. The van der Waals surface area contributed by atoms with E-state index < -0.39 is 23.2 Å². The lowest BCUT2D eigenvalue weighted by molar-refractivity contribution is -0.140. The number of likely N-dealkylation sites (tertiary alicyclic amines) is 1. The number of aliphatic carboxylic acids is 1. The monoisotopic (exact) mass is 344 g/mol. The SMILES string of the molecule is CC1(C)[C@H](C(=O)O)[C@@H]1C(=O)NCC1CC(=O)N(Cc2ccccc2)C1. The largest absolute Gasteiger partial charge is 0.481 e. The van der Waals surface area contributed by atoms with E-state index in [1.807, 2.05) is 35.2 Å². The topological polar surface area (TPSA) is 86.7 Å². The average molecular weight is 344 g/mol. The summed E-state index contributed by atoms with van der Waals surface area (Å²) in [6.07, 6.45) is 0.420. The van der Waals surface area contributed by atoms with Gasteiger partial charge in [0.1, 0.15) is 0 Å². The number of carboxylic acid groups (broad SMARTS) is 1. The lowest BCUT2D eigenvalue weighted by Gasteiger charge is -2.17. The van der Waals surface area contributed by atoms with Crippen LogP contribution in [0, 0.1) is 23.2 Å². The van der Waals surface area contributed by atoms with Crippen molar-refractivity contribution in [2.45, 2.75) is 26.8 Å². The Morgan fingerprint density at radius 1 is 1.24 bits per heavy atom. The molecule has 1 unspecified atom stereocenters.